The van der Waals surface area contributed by atoms with E-state index in [-0.39, 0.29) is 6.04 Å². The Bertz CT molecular complexity index is 459. The summed E-state index contributed by atoms with van der Waals surface area (Å²) in [6, 6.07) is 7.66. The van der Waals surface area contributed by atoms with E-state index >= 15 is 0 Å². The van der Waals surface area contributed by atoms with E-state index in [4.69, 9.17) is 5.73 Å². The molecule has 2 N–H and O–H groups in total. The van der Waals surface area contributed by atoms with Crippen molar-refractivity contribution in [2.75, 3.05) is 32.7 Å². The highest BCUT2D eigenvalue weighted by atomic mass is 15.3. The van der Waals surface area contributed by atoms with Gasteiger partial charge in [-0.2, -0.15) is 0 Å². The molecule has 3 nitrogen and oxygen atoms in total. The molecule has 0 spiro atoms. The van der Waals surface area contributed by atoms with Crippen molar-refractivity contribution in [2.45, 2.75) is 38.8 Å². The van der Waals surface area contributed by atoms with Crippen molar-refractivity contribution in [1.29, 1.82) is 0 Å². The minimum Gasteiger partial charge on any atom is -0.323 e. The van der Waals surface area contributed by atoms with Gasteiger partial charge in [-0.05, 0) is 37.8 Å². The molecule has 0 radical (unpaired) electrons. The van der Waals surface area contributed by atoms with Crippen LogP contribution in [0.3, 0.4) is 0 Å². The van der Waals surface area contributed by atoms with Crippen molar-refractivity contribution < 1.29 is 0 Å². The zero-order chi connectivity index (χ0) is 14.1. The maximum Gasteiger partial charge on any atom is 0.0426 e. The maximum atomic E-state index is 6.43. The summed E-state index contributed by atoms with van der Waals surface area (Å²) in [5.74, 6) is 0. The lowest BCUT2D eigenvalue weighted by molar-refractivity contribution is 0.121. The van der Waals surface area contributed by atoms with Gasteiger partial charge in [-0.15, -0.1) is 0 Å². The standard InChI is InChI=1S/C17H27N3/c1-13-3-6-16(14(2)11-13)17(18)12-19-7-9-20(10-8-19)15-4-5-15/h3,6,11,15,17H,4-5,7-10,12,18H2,1-2H3. The second-order valence-corrected chi connectivity index (χ2v) is 6.53. The van der Waals surface area contributed by atoms with Crippen LogP contribution in [-0.4, -0.2) is 48.6 Å². The summed E-state index contributed by atoms with van der Waals surface area (Å²) in [7, 11) is 0. The van der Waals surface area contributed by atoms with Crippen molar-refractivity contribution in [1.82, 2.24) is 9.80 Å². The number of hydrogen-bond acceptors (Lipinski definition) is 3. The van der Waals surface area contributed by atoms with E-state index in [2.05, 4.69) is 41.8 Å². The van der Waals surface area contributed by atoms with Gasteiger partial charge in [0.15, 0.2) is 0 Å². The average molecular weight is 273 g/mol. The normalized spacial score (nSPS) is 22.9. The maximum absolute atomic E-state index is 6.43. The van der Waals surface area contributed by atoms with Gasteiger partial charge in [0, 0.05) is 44.8 Å². The zero-order valence-corrected chi connectivity index (χ0v) is 12.8. The molecule has 1 aliphatic heterocycles. The molecule has 3 heteroatoms. The van der Waals surface area contributed by atoms with Crippen LogP contribution < -0.4 is 5.73 Å². The molecule has 1 saturated carbocycles. The van der Waals surface area contributed by atoms with Crippen LogP contribution in [0.25, 0.3) is 0 Å². The summed E-state index contributed by atoms with van der Waals surface area (Å²) in [6.45, 7) is 10.1. The number of nitrogens with two attached hydrogens (primary N) is 1. The molecule has 110 valence electrons. The van der Waals surface area contributed by atoms with E-state index in [1.54, 1.807) is 0 Å². The van der Waals surface area contributed by atoms with Crippen LogP contribution in [0.1, 0.15) is 35.6 Å². The van der Waals surface area contributed by atoms with Gasteiger partial charge in [0.1, 0.15) is 0 Å². The SMILES string of the molecule is Cc1ccc(C(N)CN2CCN(C3CC3)CC2)c(C)c1. The van der Waals surface area contributed by atoms with Gasteiger partial charge in [-0.3, -0.25) is 9.80 Å². The first-order valence-corrected chi connectivity index (χ1v) is 7.92. The first kappa shape index (κ1) is 14.1. The molecule has 0 amide bonds. The Morgan fingerprint density at radius 3 is 2.45 bits per heavy atom. The molecule has 1 aromatic carbocycles. The molecule has 3 rings (SSSR count). The second kappa shape index (κ2) is 5.84. The quantitative estimate of drug-likeness (QED) is 0.911. The van der Waals surface area contributed by atoms with Gasteiger partial charge < -0.3 is 5.73 Å². The predicted octanol–water partition coefficient (Wildman–Crippen LogP) is 2.08. The van der Waals surface area contributed by atoms with Crippen LogP contribution in [0.2, 0.25) is 0 Å². The first-order chi connectivity index (χ1) is 9.63. The van der Waals surface area contributed by atoms with Crippen LogP contribution >= 0.6 is 0 Å². The van der Waals surface area contributed by atoms with Gasteiger partial charge in [0.25, 0.3) is 0 Å². The molecule has 1 saturated heterocycles. The van der Waals surface area contributed by atoms with Gasteiger partial charge in [0.05, 0.1) is 0 Å². The van der Waals surface area contributed by atoms with Crippen molar-refractivity contribution >= 4 is 0 Å². The lowest BCUT2D eigenvalue weighted by atomic mass is 9.99. The molecule has 0 bridgehead atoms. The van der Waals surface area contributed by atoms with Crippen molar-refractivity contribution in [3.63, 3.8) is 0 Å². The number of rotatable bonds is 4. The fraction of sp³-hybridized carbons (Fsp3) is 0.647. The molecule has 1 aliphatic carbocycles. The Labute approximate surface area is 122 Å². The van der Waals surface area contributed by atoms with E-state index in [1.807, 2.05) is 0 Å². The Morgan fingerprint density at radius 2 is 1.85 bits per heavy atom. The summed E-state index contributed by atoms with van der Waals surface area (Å²) in [4.78, 5) is 5.18. The Kier molecular flexibility index (Phi) is 4.11. The molecule has 20 heavy (non-hydrogen) atoms. The van der Waals surface area contributed by atoms with Crippen LogP contribution in [0.5, 0.6) is 0 Å². The van der Waals surface area contributed by atoms with Gasteiger partial charge in [-0.25, -0.2) is 0 Å². The van der Waals surface area contributed by atoms with Crippen LogP contribution in [0, 0.1) is 13.8 Å². The second-order valence-electron chi connectivity index (χ2n) is 6.53. The molecule has 0 aromatic heterocycles. The molecule has 1 aromatic rings. The number of aryl methyl sites for hydroxylation is 2. The van der Waals surface area contributed by atoms with Crippen LogP contribution in [0.15, 0.2) is 18.2 Å². The highest BCUT2D eigenvalue weighted by Crippen LogP contribution is 2.27. The topological polar surface area (TPSA) is 32.5 Å². The lowest BCUT2D eigenvalue weighted by Gasteiger charge is -2.36. The molecular formula is C17H27N3. The number of nitrogens with zero attached hydrogens (tertiary/aromatic N) is 2. The third-order valence-corrected chi connectivity index (χ3v) is 4.75. The highest BCUT2D eigenvalue weighted by molar-refractivity contribution is 5.32. The smallest absolute Gasteiger partial charge is 0.0426 e. The van der Waals surface area contributed by atoms with E-state index < -0.39 is 0 Å². The fourth-order valence-electron chi connectivity index (χ4n) is 3.37. The van der Waals surface area contributed by atoms with E-state index in [9.17, 15) is 0 Å². The predicted molar refractivity (Wildman–Crippen MR) is 83.9 cm³/mol. The molecular weight excluding hydrogens is 246 g/mol. The summed E-state index contributed by atoms with van der Waals surface area (Å²) < 4.78 is 0. The number of piperazine rings is 1. The van der Waals surface area contributed by atoms with E-state index in [0.717, 1.165) is 12.6 Å². The minimum atomic E-state index is 0.142. The summed E-state index contributed by atoms with van der Waals surface area (Å²) in [5.41, 5.74) is 10.4. The largest absolute Gasteiger partial charge is 0.323 e. The van der Waals surface area contributed by atoms with Crippen molar-refractivity contribution in [2.24, 2.45) is 5.73 Å². The summed E-state index contributed by atoms with van der Waals surface area (Å²) in [5, 5.41) is 0. The van der Waals surface area contributed by atoms with Crippen LogP contribution in [-0.2, 0) is 0 Å². The Morgan fingerprint density at radius 1 is 1.15 bits per heavy atom. The molecule has 1 heterocycles. The monoisotopic (exact) mass is 273 g/mol. The van der Waals surface area contributed by atoms with Gasteiger partial charge in [-0.1, -0.05) is 23.8 Å². The van der Waals surface area contributed by atoms with E-state index in [1.165, 1.54) is 55.7 Å². The third kappa shape index (κ3) is 3.22. The lowest BCUT2D eigenvalue weighted by Crippen LogP contribution is -2.48. The van der Waals surface area contributed by atoms with Gasteiger partial charge in [0.2, 0.25) is 0 Å². The Hall–Kier alpha value is -0.900. The molecule has 2 fully saturated rings. The first-order valence-electron chi connectivity index (χ1n) is 7.92. The fourth-order valence-corrected chi connectivity index (χ4v) is 3.37. The third-order valence-electron chi connectivity index (χ3n) is 4.75. The average Bonchev–Trinajstić information content (AvgIpc) is 3.23. The molecule has 1 atom stereocenters. The summed E-state index contributed by atoms with van der Waals surface area (Å²) >= 11 is 0. The summed E-state index contributed by atoms with van der Waals surface area (Å²) in [6.07, 6.45) is 2.84. The zero-order valence-electron chi connectivity index (χ0n) is 12.8. The van der Waals surface area contributed by atoms with Crippen molar-refractivity contribution in [3.8, 4) is 0 Å². The van der Waals surface area contributed by atoms with E-state index in [0.29, 0.717) is 0 Å². The van der Waals surface area contributed by atoms with Gasteiger partial charge >= 0.3 is 0 Å². The highest BCUT2D eigenvalue weighted by Gasteiger charge is 2.31. The van der Waals surface area contributed by atoms with Crippen molar-refractivity contribution in [3.05, 3.63) is 34.9 Å². The molecule has 1 unspecified atom stereocenters. The Balaban J connectivity index is 1.54. The number of benzene rings is 1. The minimum absolute atomic E-state index is 0.142. The molecule has 2 aliphatic rings. The number of hydrogen-bond donors (Lipinski definition) is 1. The van der Waals surface area contributed by atoms with Crippen LogP contribution in [0.4, 0.5) is 0 Å².